The number of likely N-dealkylation sites (tertiary alicyclic amines) is 1. The molecule has 3 rings (SSSR count). The van der Waals surface area contributed by atoms with Gasteiger partial charge < -0.3 is 9.64 Å². The molecule has 0 N–H and O–H groups in total. The van der Waals surface area contributed by atoms with Crippen LogP contribution < -0.4 is 4.74 Å². The number of benzene rings is 2. The number of hydrogen-bond acceptors (Lipinski definition) is 2. The number of rotatable bonds is 4. The molecule has 2 atom stereocenters. The molecule has 1 aliphatic heterocycles. The van der Waals surface area contributed by atoms with E-state index >= 15 is 0 Å². The highest BCUT2D eigenvalue weighted by Gasteiger charge is 2.29. The van der Waals surface area contributed by atoms with Crippen molar-refractivity contribution < 1.29 is 13.5 Å². The summed E-state index contributed by atoms with van der Waals surface area (Å²) in [6.45, 7) is 2.52. The summed E-state index contributed by atoms with van der Waals surface area (Å²) in [5, 5.41) is 0. The van der Waals surface area contributed by atoms with E-state index in [9.17, 15) is 8.78 Å². The first-order chi connectivity index (χ1) is 11.1. The molecule has 1 aliphatic rings. The largest absolute Gasteiger partial charge is 0.493 e. The fourth-order valence-corrected chi connectivity index (χ4v) is 3.27. The van der Waals surface area contributed by atoms with Gasteiger partial charge in [-0.1, -0.05) is 12.1 Å². The molecule has 1 saturated heterocycles. The van der Waals surface area contributed by atoms with Crippen LogP contribution in [0.5, 0.6) is 5.75 Å². The smallest absolute Gasteiger partial charge is 0.123 e. The molecule has 0 amide bonds. The fourth-order valence-electron chi connectivity index (χ4n) is 3.27. The Bertz CT molecular complexity index is 627. The summed E-state index contributed by atoms with van der Waals surface area (Å²) < 4.78 is 32.0. The first kappa shape index (κ1) is 15.9. The first-order valence-corrected chi connectivity index (χ1v) is 7.94. The molecule has 2 aromatic carbocycles. The van der Waals surface area contributed by atoms with Crippen LogP contribution in [0.2, 0.25) is 0 Å². The minimum absolute atomic E-state index is 0.208. The molecule has 0 bridgehead atoms. The lowest BCUT2D eigenvalue weighted by Gasteiger charge is -2.37. The van der Waals surface area contributed by atoms with E-state index in [-0.39, 0.29) is 11.6 Å². The maximum Gasteiger partial charge on any atom is 0.123 e. The second-order valence-corrected chi connectivity index (χ2v) is 6.23. The van der Waals surface area contributed by atoms with Gasteiger partial charge in [-0.2, -0.15) is 0 Å². The van der Waals surface area contributed by atoms with E-state index in [1.54, 1.807) is 12.1 Å². The predicted octanol–water partition coefficient (Wildman–Crippen LogP) is 4.08. The summed E-state index contributed by atoms with van der Waals surface area (Å²) >= 11 is 0. The first-order valence-electron chi connectivity index (χ1n) is 7.94. The van der Waals surface area contributed by atoms with Crippen LogP contribution in [0.4, 0.5) is 8.78 Å². The summed E-state index contributed by atoms with van der Waals surface area (Å²) in [6, 6.07) is 12.9. The third-order valence-electron chi connectivity index (χ3n) is 4.51. The average molecular weight is 317 g/mol. The zero-order chi connectivity index (χ0) is 16.2. The fraction of sp³-hybridized carbons (Fsp3) is 0.368. The Morgan fingerprint density at radius 1 is 1.00 bits per heavy atom. The zero-order valence-electron chi connectivity index (χ0n) is 13.2. The van der Waals surface area contributed by atoms with Crippen molar-refractivity contribution in [1.82, 2.24) is 4.90 Å². The highest BCUT2D eigenvalue weighted by atomic mass is 19.1. The highest BCUT2D eigenvalue weighted by molar-refractivity contribution is 5.24. The van der Waals surface area contributed by atoms with Gasteiger partial charge in [0.2, 0.25) is 0 Å². The van der Waals surface area contributed by atoms with Gasteiger partial charge in [-0.3, -0.25) is 0 Å². The van der Waals surface area contributed by atoms with Crippen molar-refractivity contribution >= 4 is 0 Å². The SMILES string of the molecule is CN1CC[C@H](c2ccc(F)cc2)[C@@H](COc2ccc(F)cc2)C1. The Hall–Kier alpha value is -1.94. The molecule has 1 heterocycles. The lowest BCUT2D eigenvalue weighted by atomic mass is 9.81. The van der Waals surface area contributed by atoms with Crippen molar-refractivity contribution in [2.45, 2.75) is 12.3 Å². The van der Waals surface area contributed by atoms with Gasteiger partial charge in [0.05, 0.1) is 6.61 Å². The predicted molar refractivity (Wildman–Crippen MR) is 86.6 cm³/mol. The molecule has 0 unspecified atom stereocenters. The maximum absolute atomic E-state index is 13.2. The number of hydrogen-bond donors (Lipinski definition) is 0. The third kappa shape index (κ3) is 4.08. The molecule has 2 aromatic rings. The van der Waals surface area contributed by atoms with Crippen molar-refractivity contribution in [2.75, 3.05) is 26.7 Å². The highest BCUT2D eigenvalue weighted by Crippen LogP contribution is 2.33. The van der Waals surface area contributed by atoms with Gasteiger partial charge in [0.15, 0.2) is 0 Å². The van der Waals surface area contributed by atoms with Crippen molar-refractivity contribution in [1.29, 1.82) is 0 Å². The molecular weight excluding hydrogens is 296 g/mol. The lowest BCUT2D eigenvalue weighted by Crippen LogP contribution is -2.39. The number of piperidine rings is 1. The van der Waals surface area contributed by atoms with Crippen LogP contribution in [0.25, 0.3) is 0 Å². The van der Waals surface area contributed by atoms with Crippen LogP contribution >= 0.6 is 0 Å². The molecule has 0 aromatic heterocycles. The molecule has 0 spiro atoms. The minimum atomic E-state index is -0.265. The topological polar surface area (TPSA) is 12.5 Å². The average Bonchev–Trinajstić information content (AvgIpc) is 2.55. The Balaban J connectivity index is 1.70. The van der Waals surface area contributed by atoms with Crippen molar-refractivity contribution in [3.63, 3.8) is 0 Å². The number of nitrogens with zero attached hydrogens (tertiary/aromatic N) is 1. The van der Waals surface area contributed by atoms with Crippen LogP contribution in [-0.4, -0.2) is 31.6 Å². The van der Waals surface area contributed by atoms with Gasteiger partial charge >= 0.3 is 0 Å². The molecule has 0 aliphatic carbocycles. The maximum atomic E-state index is 13.2. The van der Waals surface area contributed by atoms with Gasteiger partial charge in [-0.05, 0) is 67.9 Å². The molecule has 4 heteroatoms. The van der Waals surface area contributed by atoms with E-state index in [1.807, 2.05) is 12.1 Å². The van der Waals surface area contributed by atoms with Crippen molar-refractivity contribution in [2.24, 2.45) is 5.92 Å². The summed E-state index contributed by atoms with van der Waals surface area (Å²) in [7, 11) is 2.10. The standard InChI is InChI=1S/C19H21F2NO/c1-22-11-10-19(14-2-4-16(20)5-3-14)15(12-22)13-23-18-8-6-17(21)7-9-18/h2-9,15,19H,10-13H2,1H3/t15-,19-/m1/s1. The molecule has 23 heavy (non-hydrogen) atoms. The van der Waals surface area contributed by atoms with Gasteiger partial charge in [0, 0.05) is 12.5 Å². The summed E-state index contributed by atoms with van der Waals surface area (Å²) in [5.41, 5.74) is 1.16. The van der Waals surface area contributed by atoms with Gasteiger partial charge in [-0.15, -0.1) is 0 Å². The van der Waals surface area contributed by atoms with E-state index in [2.05, 4.69) is 11.9 Å². The molecule has 1 fully saturated rings. The van der Waals surface area contributed by atoms with Crippen LogP contribution in [-0.2, 0) is 0 Å². The molecular formula is C19H21F2NO. The lowest BCUT2D eigenvalue weighted by molar-refractivity contribution is 0.129. The quantitative estimate of drug-likeness (QED) is 0.842. The third-order valence-corrected chi connectivity index (χ3v) is 4.51. The molecule has 122 valence electrons. The molecule has 0 radical (unpaired) electrons. The Kier molecular flexibility index (Phi) is 4.91. The van der Waals surface area contributed by atoms with E-state index < -0.39 is 0 Å². The van der Waals surface area contributed by atoms with Gasteiger partial charge in [-0.25, -0.2) is 8.78 Å². The number of ether oxygens (including phenoxy) is 1. The van der Waals surface area contributed by atoms with E-state index in [1.165, 1.54) is 24.3 Å². The van der Waals surface area contributed by atoms with Crippen molar-refractivity contribution in [3.8, 4) is 5.75 Å². The minimum Gasteiger partial charge on any atom is -0.493 e. The van der Waals surface area contributed by atoms with Crippen LogP contribution in [0.15, 0.2) is 48.5 Å². The Morgan fingerprint density at radius 3 is 2.26 bits per heavy atom. The van der Waals surface area contributed by atoms with Crippen LogP contribution in [0, 0.1) is 17.6 Å². The van der Waals surface area contributed by atoms with E-state index in [0.717, 1.165) is 25.1 Å². The van der Waals surface area contributed by atoms with E-state index in [0.29, 0.717) is 24.2 Å². The van der Waals surface area contributed by atoms with Crippen molar-refractivity contribution in [3.05, 3.63) is 65.7 Å². The molecule has 2 nitrogen and oxygen atoms in total. The van der Waals surface area contributed by atoms with Gasteiger partial charge in [0.25, 0.3) is 0 Å². The summed E-state index contributed by atoms with van der Waals surface area (Å²) in [6.07, 6.45) is 1.03. The van der Waals surface area contributed by atoms with Crippen LogP contribution in [0.1, 0.15) is 17.9 Å². The Labute approximate surface area is 135 Å². The van der Waals surface area contributed by atoms with E-state index in [4.69, 9.17) is 4.74 Å². The monoisotopic (exact) mass is 317 g/mol. The zero-order valence-corrected chi connectivity index (χ0v) is 13.2. The molecule has 0 saturated carbocycles. The van der Waals surface area contributed by atoms with Crippen LogP contribution in [0.3, 0.4) is 0 Å². The number of halogens is 2. The summed E-state index contributed by atoms with van der Waals surface area (Å²) in [4.78, 5) is 2.29. The normalized spacial score (nSPS) is 22.0. The summed E-state index contributed by atoms with van der Waals surface area (Å²) in [5.74, 6) is 0.883. The van der Waals surface area contributed by atoms with Gasteiger partial charge in [0.1, 0.15) is 17.4 Å². The second kappa shape index (κ2) is 7.09. The second-order valence-electron chi connectivity index (χ2n) is 6.23. The Morgan fingerprint density at radius 2 is 1.61 bits per heavy atom.